The van der Waals surface area contributed by atoms with Crippen LogP contribution in [0.1, 0.15) is 11.3 Å². The number of rotatable bonds is 2. The van der Waals surface area contributed by atoms with E-state index in [2.05, 4.69) is 10.2 Å². The highest BCUT2D eigenvalue weighted by Crippen LogP contribution is 2.32. The average molecular weight is 266 g/mol. The molecule has 0 radical (unpaired) electrons. The predicted molar refractivity (Wildman–Crippen MR) is 77.2 cm³/mol. The minimum atomic E-state index is 0.201. The van der Waals surface area contributed by atoms with Crippen molar-refractivity contribution in [2.24, 2.45) is 0 Å². The van der Waals surface area contributed by atoms with Gasteiger partial charge >= 0.3 is 0 Å². The number of hydrogen-bond acceptors (Lipinski definition) is 4. The first-order valence-electron chi connectivity index (χ1n) is 6.35. The third-order valence-electron chi connectivity index (χ3n) is 3.30. The van der Waals surface area contributed by atoms with Gasteiger partial charge in [-0.25, -0.2) is 0 Å². The van der Waals surface area contributed by atoms with Crippen molar-refractivity contribution < 1.29 is 9.84 Å². The fraction of sp³-hybridized carbons (Fsp3) is 0.125. The van der Waals surface area contributed by atoms with Crippen molar-refractivity contribution in [3.05, 3.63) is 53.7 Å². The molecule has 0 fully saturated rings. The second kappa shape index (κ2) is 4.81. The molecule has 0 spiro atoms. The maximum absolute atomic E-state index is 9.72. The van der Waals surface area contributed by atoms with Gasteiger partial charge in [0.25, 0.3) is 0 Å². The maximum Gasteiger partial charge on any atom is 0.246 e. The fourth-order valence-corrected chi connectivity index (χ4v) is 2.11. The zero-order valence-electron chi connectivity index (χ0n) is 11.3. The van der Waals surface area contributed by atoms with E-state index in [1.165, 1.54) is 0 Å². The van der Waals surface area contributed by atoms with Crippen LogP contribution in [0.2, 0.25) is 0 Å². The van der Waals surface area contributed by atoms with E-state index in [1.54, 1.807) is 25.1 Å². The first-order valence-corrected chi connectivity index (χ1v) is 6.35. The Morgan fingerprint density at radius 2 is 1.65 bits per heavy atom. The molecule has 0 aliphatic heterocycles. The Kier molecular flexibility index (Phi) is 2.99. The Balaban J connectivity index is 2.12. The number of ether oxygens (including phenoxy) is 1. The summed E-state index contributed by atoms with van der Waals surface area (Å²) < 4.78 is 5.82. The lowest BCUT2D eigenvalue weighted by atomic mass is 10.1. The van der Waals surface area contributed by atoms with Gasteiger partial charge < -0.3 is 9.84 Å². The summed E-state index contributed by atoms with van der Waals surface area (Å²) in [6.45, 7) is 3.72. The number of hydrogen-bond donors (Lipinski definition) is 1. The second-order valence-corrected chi connectivity index (χ2v) is 4.64. The largest absolute Gasteiger partial charge is 0.508 e. The first-order chi connectivity index (χ1) is 9.66. The van der Waals surface area contributed by atoms with Crippen molar-refractivity contribution in [3.8, 4) is 17.4 Å². The minimum Gasteiger partial charge on any atom is -0.508 e. The van der Waals surface area contributed by atoms with E-state index in [9.17, 15) is 5.11 Å². The Labute approximate surface area is 116 Å². The fourth-order valence-electron chi connectivity index (χ4n) is 2.11. The van der Waals surface area contributed by atoms with E-state index in [4.69, 9.17) is 4.74 Å². The van der Waals surface area contributed by atoms with Crippen LogP contribution < -0.4 is 4.74 Å². The highest BCUT2D eigenvalue weighted by atomic mass is 16.5. The number of fused-ring (bicyclic) bond motifs is 1. The van der Waals surface area contributed by atoms with Gasteiger partial charge in [0, 0.05) is 16.3 Å². The maximum atomic E-state index is 9.72. The monoisotopic (exact) mass is 266 g/mol. The molecule has 0 unspecified atom stereocenters. The van der Waals surface area contributed by atoms with E-state index >= 15 is 0 Å². The lowest BCUT2D eigenvalue weighted by Gasteiger charge is -2.11. The minimum absolute atomic E-state index is 0.201. The molecule has 20 heavy (non-hydrogen) atoms. The summed E-state index contributed by atoms with van der Waals surface area (Å²) in [5.41, 5.74) is 1.54. The summed E-state index contributed by atoms with van der Waals surface area (Å²) in [5, 5.41) is 19.9. The Morgan fingerprint density at radius 3 is 2.45 bits per heavy atom. The summed E-state index contributed by atoms with van der Waals surface area (Å²) in [6, 6.07) is 13.0. The average Bonchev–Trinajstić information content (AvgIpc) is 2.47. The number of benzene rings is 2. The molecule has 0 bridgehead atoms. The van der Waals surface area contributed by atoms with E-state index in [-0.39, 0.29) is 5.75 Å². The summed E-state index contributed by atoms with van der Waals surface area (Å²) in [7, 11) is 0. The Hall–Kier alpha value is -2.62. The number of phenols is 1. The van der Waals surface area contributed by atoms with Crippen LogP contribution in [0.25, 0.3) is 10.8 Å². The molecule has 1 N–H and O–H groups in total. The molecular weight excluding hydrogens is 252 g/mol. The summed E-state index contributed by atoms with van der Waals surface area (Å²) >= 11 is 0. The highest BCUT2D eigenvalue weighted by molar-refractivity contribution is 5.88. The van der Waals surface area contributed by atoms with Crippen molar-refractivity contribution >= 4 is 10.8 Å². The molecule has 0 saturated heterocycles. The molecule has 1 aromatic heterocycles. The standard InChI is InChI=1S/C16H14N2O2/c1-10-14(19)8-5-9-15(10)20-16-13-7-4-3-6-12(13)11(2)17-18-16/h3-9,19H,1-2H3. The first kappa shape index (κ1) is 12.4. The van der Waals surface area contributed by atoms with Gasteiger partial charge in [-0.05, 0) is 32.0 Å². The lowest BCUT2D eigenvalue weighted by Crippen LogP contribution is -1.96. The molecule has 100 valence electrons. The van der Waals surface area contributed by atoms with Crippen LogP contribution in [-0.2, 0) is 0 Å². The molecule has 0 amide bonds. The molecule has 3 rings (SSSR count). The van der Waals surface area contributed by atoms with Gasteiger partial charge in [-0.2, -0.15) is 5.10 Å². The molecule has 4 heteroatoms. The number of phenolic OH excluding ortho intramolecular Hbond substituents is 1. The van der Waals surface area contributed by atoms with Gasteiger partial charge in [0.1, 0.15) is 11.5 Å². The van der Waals surface area contributed by atoms with Gasteiger partial charge in [0.15, 0.2) is 0 Å². The van der Waals surface area contributed by atoms with Crippen LogP contribution in [0, 0.1) is 13.8 Å². The molecule has 2 aromatic carbocycles. The normalized spacial score (nSPS) is 10.7. The van der Waals surface area contributed by atoms with Gasteiger partial charge in [-0.15, -0.1) is 5.10 Å². The van der Waals surface area contributed by atoms with Crippen molar-refractivity contribution in [2.75, 3.05) is 0 Å². The van der Waals surface area contributed by atoms with Crippen molar-refractivity contribution in [1.82, 2.24) is 10.2 Å². The predicted octanol–water partition coefficient (Wildman–Crippen LogP) is 3.74. The van der Waals surface area contributed by atoms with Crippen molar-refractivity contribution in [1.29, 1.82) is 0 Å². The lowest BCUT2D eigenvalue weighted by molar-refractivity contribution is 0.438. The van der Waals surface area contributed by atoms with Crippen LogP contribution >= 0.6 is 0 Å². The van der Waals surface area contributed by atoms with Gasteiger partial charge in [0.05, 0.1) is 5.69 Å². The molecular formula is C16H14N2O2. The smallest absolute Gasteiger partial charge is 0.246 e. The third-order valence-corrected chi connectivity index (χ3v) is 3.30. The number of nitrogens with zero attached hydrogens (tertiary/aromatic N) is 2. The van der Waals surface area contributed by atoms with E-state index in [0.29, 0.717) is 17.2 Å². The second-order valence-electron chi connectivity index (χ2n) is 4.64. The molecule has 0 aliphatic rings. The zero-order valence-corrected chi connectivity index (χ0v) is 11.3. The molecule has 0 aliphatic carbocycles. The topological polar surface area (TPSA) is 55.2 Å². The van der Waals surface area contributed by atoms with Crippen molar-refractivity contribution in [2.45, 2.75) is 13.8 Å². The molecule has 3 aromatic rings. The van der Waals surface area contributed by atoms with Crippen molar-refractivity contribution in [3.63, 3.8) is 0 Å². The highest BCUT2D eigenvalue weighted by Gasteiger charge is 2.11. The van der Waals surface area contributed by atoms with Crippen LogP contribution in [0.5, 0.6) is 17.4 Å². The third kappa shape index (κ3) is 2.05. The van der Waals surface area contributed by atoms with Crippen LogP contribution in [0.3, 0.4) is 0 Å². The van der Waals surface area contributed by atoms with E-state index < -0.39 is 0 Å². The number of aryl methyl sites for hydroxylation is 1. The molecule has 4 nitrogen and oxygen atoms in total. The quantitative estimate of drug-likeness (QED) is 0.767. The molecule has 1 heterocycles. The summed E-state index contributed by atoms with van der Waals surface area (Å²) in [5.74, 6) is 1.22. The van der Waals surface area contributed by atoms with Crippen LogP contribution in [0.15, 0.2) is 42.5 Å². The number of aromatic nitrogens is 2. The molecule has 0 atom stereocenters. The Morgan fingerprint density at radius 1 is 0.900 bits per heavy atom. The van der Waals surface area contributed by atoms with Gasteiger partial charge in [-0.1, -0.05) is 24.3 Å². The van der Waals surface area contributed by atoms with Crippen LogP contribution in [-0.4, -0.2) is 15.3 Å². The van der Waals surface area contributed by atoms with Gasteiger partial charge in [0.2, 0.25) is 5.88 Å². The number of aromatic hydroxyl groups is 1. The summed E-state index contributed by atoms with van der Waals surface area (Å²) in [4.78, 5) is 0. The van der Waals surface area contributed by atoms with Crippen LogP contribution in [0.4, 0.5) is 0 Å². The zero-order chi connectivity index (χ0) is 14.1. The SMILES string of the molecule is Cc1c(O)cccc1Oc1nnc(C)c2ccccc12. The molecule has 0 saturated carbocycles. The Bertz CT molecular complexity index is 785. The van der Waals surface area contributed by atoms with E-state index in [1.807, 2.05) is 31.2 Å². The summed E-state index contributed by atoms with van der Waals surface area (Å²) in [6.07, 6.45) is 0. The van der Waals surface area contributed by atoms with Gasteiger partial charge in [-0.3, -0.25) is 0 Å². The van der Waals surface area contributed by atoms with E-state index in [0.717, 1.165) is 16.5 Å².